The first kappa shape index (κ1) is 13.2. The fourth-order valence-corrected chi connectivity index (χ4v) is 1.62. The minimum Gasteiger partial charge on any atom is -0.484 e. The summed E-state index contributed by atoms with van der Waals surface area (Å²) in [6, 6.07) is 5.04. The molecule has 2 N–H and O–H groups in total. The van der Waals surface area contributed by atoms with Crippen molar-refractivity contribution < 1.29 is 19.1 Å². The highest BCUT2D eigenvalue weighted by atomic mass is 16.5. The van der Waals surface area contributed by atoms with Crippen molar-refractivity contribution in [2.75, 3.05) is 25.1 Å². The van der Waals surface area contributed by atoms with E-state index in [1.807, 2.05) is 6.92 Å². The smallest absolute Gasteiger partial charge is 0.262 e. The van der Waals surface area contributed by atoms with Crippen molar-refractivity contribution in [2.24, 2.45) is 0 Å². The topological polar surface area (TPSA) is 76.7 Å². The number of rotatable bonds is 5. The molecule has 0 radical (unpaired) electrons. The van der Waals surface area contributed by atoms with Crippen LogP contribution in [0.1, 0.15) is 13.3 Å². The maximum absolute atomic E-state index is 11.4. The number of fused-ring (bicyclic) bond motifs is 1. The van der Waals surface area contributed by atoms with Crippen LogP contribution in [0, 0.1) is 0 Å². The Labute approximate surface area is 111 Å². The highest BCUT2D eigenvalue weighted by molar-refractivity contribution is 5.95. The molecule has 0 aliphatic carbocycles. The molecule has 2 amide bonds. The molecule has 1 aromatic rings. The predicted octanol–water partition coefficient (Wildman–Crippen LogP) is 0.922. The van der Waals surface area contributed by atoms with Crippen LogP contribution in [0.4, 0.5) is 5.69 Å². The molecule has 0 atom stereocenters. The second-order valence-corrected chi connectivity index (χ2v) is 4.13. The number of anilines is 1. The third kappa shape index (κ3) is 3.61. The van der Waals surface area contributed by atoms with Gasteiger partial charge in [-0.2, -0.15) is 0 Å². The summed E-state index contributed by atoms with van der Waals surface area (Å²) in [5, 5.41) is 5.39. The lowest BCUT2D eigenvalue weighted by molar-refractivity contribution is -0.123. The fraction of sp³-hybridized carbons (Fsp3) is 0.385. The molecular formula is C13H16N2O4. The standard InChI is InChI=1S/C13H16N2O4/c1-2-5-14-12(16)7-18-9-3-4-11-10(6-9)15-13(17)8-19-11/h3-4,6H,2,5,7-8H2,1H3,(H,14,16)(H,15,17). The van der Waals surface area contributed by atoms with Gasteiger partial charge < -0.3 is 20.1 Å². The number of benzene rings is 1. The highest BCUT2D eigenvalue weighted by Gasteiger charge is 2.16. The van der Waals surface area contributed by atoms with Crippen molar-refractivity contribution in [1.82, 2.24) is 5.32 Å². The first-order valence-electron chi connectivity index (χ1n) is 6.15. The largest absolute Gasteiger partial charge is 0.484 e. The summed E-state index contributed by atoms with van der Waals surface area (Å²) in [7, 11) is 0. The van der Waals surface area contributed by atoms with E-state index < -0.39 is 0 Å². The summed E-state index contributed by atoms with van der Waals surface area (Å²) in [4.78, 5) is 22.6. The van der Waals surface area contributed by atoms with Crippen LogP contribution in [0.5, 0.6) is 11.5 Å². The van der Waals surface area contributed by atoms with Crippen molar-refractivity contribution in [3.8, 4) is 11.5 Å². The number of ether oxygens (including phenoxy) is 2. The molecule has 102 valence electrons. The van der Waals surface area contributed by atoms with Crippen molar-refractivity contribution in [3.63, 3.8) is 0 Å². The van der Waals surface area contributed by atoms with E-state index in [0.717, 1.165) is 6.42 Å². The summed E-state index contributed by atoms with van der Waals surface area (Å²) >= 11 is 0. The Morgan fingerprint density at radius 3 is 3.16 bits per heavy atom. The maximum atomic E-state index is 11.4. The average molecular weight is 264 g/mol. The van der Waals surface area contributed by atoms with Gasteiger partial charge in [0.25, 0.3) is 11.8 Å². The number of carbonyl (C=O) groups is 2. The number of amides is 2. The van der Waals surface area contributed by atoms with E-state index in [1.54, 1.807) is 18.2 Å². The molecule has 0 spiro atoms. The average Bonchev–Trinajstić information content (AvgIpc) is 2.42. The second-order valence-electron chi connectivity index (χ2n) is 4.13. The monoisotopic (exact) mass is 264 g/mol. The first-order valence-corrected chi connectivity index (χ1v) is 6.15. The van der Waals surface area contributed by atoms with Gasteiger partial charge in [0.2, 0.25) is 0 Å². The van der Waals surface area contributed by atoms with E-state index in [1.165, 1.54) is 0 Å². The molecule has 1 heterocycles. The molecule has 0 bridgehead atoms. The van der Waals surface area contributed by atoms with Crippen LogP contribution in [0.2, 0.25) is 0 Å². The lowest BCUT2D eigenvalue weighted by atomic mass is 10.2. The molecule has 1 aliphatic rings. The van der Waals surface area contributed by atoms with E-state index in [2.05, 4.69) is 10.6 Å². The molecule has 1 aromatic carbocycles. The van der Waals surface area contributed by atoms with Crippen molar-refractivity contribution in [2.45, 2.75) is 13.3 Å². The van der Waals surface area contributed by atoms with Crippen LogP contribution in [0.3, 0.4) is 0 Å². The Morgan fingerprint density at radius 2 is 2.37 bits per heavy atom. The summed E-state index contributed by atoms with van der Waals surface area (Å²) in [5.74, 6) is 0.740. The van der Waals surface area contributed by atoms with Gasteiger partial charge in [0.1, 0.15) is 11.5 Å². The number of carbonyl (C=O) groups excluding carboxylic acids is 2. The number of hydrogen-bond acceptors (Lipinski definition) is 4. The zero-order valence-corrected chi connectivity index (χ0v) is 10.7. The zero-order valence-electron chi connectivity index (χ0n) is 10.7. The Hall–Kier alpha value is -2.24. The number of nitrogens with one attached hydrogen (secondary N) is 2. The normalized spacial score (nSPS) is 13.0. The van der Waals surface area contributed by atoms with Gasteiger partial charge in [-0.3, -0.25) is 9.59 Å². The third-order valence-corrected chi connectivity index (χ3v) is 2.53. The van der Waals surface area contributed by atoms with E-state index >= 15 is 0 Å². The van der Waals surface area contributed by atoms with Crippen LogP contribution in [0.25, 0.3) is 0 Å². The van der Waals surface area contributed by atoms with Crippen molar-refractivity contribution in [3.05, 3.63) is 18.2 Å². The lowest BCUT2D eigenvalue weighted by Crippen LogP contribution is -2.29. The minimum atomic E-state index is -0.203. The lowest BCUT2D eigenvalue weighted by Gasteiger charge is -2.18. The van der Waals surface area contributed by atoms with Crippen molar-refractivity contribution in [1.29, 1.82) is 0 Å². The van der Waals surface area contributed by atoms with E-state index in [4.69, 9.17) is 9.47 Å². The molecule has 0 unspecified atom stereocenters. The summed E-state index contributed by atoms with van der Waals surface area (Å²) in [5.41, 5.74) is 0.558. The van der Waals surface area contributed by atoms with Gasteiger partial charge in [0.15, 0.2) is 13.2 Å². The Kier molecular flexibility index (Phi) is 4.22. The Morgan fingerprint density at radius 1 is 1.53 bits per heavy atom. The Bertz CT molecular complexity index is 488. The van der Waals surface area contributed by atoms with E-state index in [9.17, 15) is 9.59 Å². The summed E-state index contributed by atoms with van der Waals surface area (Å²) in [6.45, 7) is 2.59. The van der Waals surface area contributed by atoms with E-state index in [-0.39, 0.29) is 25.0 Å². The van der Waals surface area contributed by atoms with Gasteiger partial charge >= 0.3 is 0 Å². The molecule has 19 heavy (non-hydrogen) atoms. The van der Waals surface area contributed by atoms with Crippen LogP contribution in [-0.2, 0) is 9.59 Å². The fourth-order valence-electron chi connectivity index (χ4n) is 1.62. The number of hydrogen-bond donors (Lipinski definition) is 2. The molecule has 0 aromatic heterocycles. The summed E-state index contributed by atoms with van der Waals surface area (Å²) < 4.78 is 10.6. The van der Waals surface area contributed by atoms with Gasteiger partial charge in [0, 0.05) is 12.6 Å². The predicted molar refractivity (Wildman–Crippen MR) is 69.4 cm³/mol. The van der Waals surface area contributed by atoms with Gasteiger partial charge in [-0.1, -0.05) is 6.92 Å². The molecule has 1 aliphatic heterocycles. The minimum absolute atomic E-state index is 0.0205. The Balaban J connectivity index is 1.93. The molecule has 2 rings (SSSR count). The van der Waals surface area contributed by atoms with E-state index in [0.29, 0.717) is 23.7 Å². The van der Waals surface area contributed by atoms with Crippen LogP contribution in [-0.4, -0.2) is 31.6 Å². The highest BCUT2D eigenvalue weighted by Crippen LogP contribution is 2.31. The molecular weight excluding hydrogens is 248 g/mol. The zero-order chi connectivity index (χ0) is 13.7. The first-order chi connectivity index (χ1) is 9.19. The quantitative estimate of drug-likeness (QED) is 0.829. The maximum Gasteiger partial charge on any atom is 0.262 e. The van der Waals surface area contributed by atoms with Crippen LogP contribution < -0.4 is 20.1 Å². The second kappa shape index (κ2) is 6.08. The van der Waals surface area contributed by atoms with Crippen molar-refractivity contribution >= 4 is 17.5 Å². The summed E-state index contributed by atoms with van der Waals surface area (Å²) in [6.07, 6.45) is 0.883. The van der Waals surface area contributed by atoms with Gasteiger partial charge in [-0.05, 0) is 18.6 Å². The van der Waals surface area contributed by atoms with Gasteiger partial charge in [-0.15, -0.1) is 0 Å². The van der Waals surface area contributed by atoms with Gasteiger partial charge in [0.05, 0.1) is 5.69 Å². The molecule has 0 fully saturated rings. The molecule has 0 saturated heterocycles. The SMILES string of the molecule is CCCNC(=O)COc1ccc2c(c1)NC(=O)CO2. The molecule has 0 saturated carbocycles. The van der Waals surface area contributed by atoms with Crippen LogP contribution in [0.15, 0.2) is 18.2 Å². The molecule has 6 heteroatoms. The molecule has 6 nitrogen and oxygen atoms in total. The third-order valence-electron chi connectivity index (χ3n) is 2.53. The van der Waals surface area contributed by atoms with Gasteiger partial charge in [-0.25, -0.2) is 0 Å². The van der Waals surface area contributed by atoms with Crippen LogP contribution >= 0.6 is 0 Å².